The number of rotatable bonds is 1. The third-order valence-corrected chi connectivity index (χ3v) is 2.78. The largest absolute Gasteiger partial charge is 0.375 e. The molecule has 1 aromatic carbocycles. The highest BCUT2D eigenvalue weighted by molar-refractivity contribution is 7.22. The molecule has 0 spiro atoms. The molecular weight excluding hydrogens is 192 g/mol. The SMILES string of the molecule is Nc1nc2ccc(CCl)cc2s1. The Hall–Kier alpha value is -0.800. The van der Waals surface area contributed by atoms with Crippen LogP contribution in [0.4, 0.5) is 5.13 Å². The molecule has 0 radical (unpaired) electrons. The minimum Gasteiger partial charge on any atom is -0.375 e. The van der Waals surface area contributed by atoms with Gasteiger partial charge in [-0.15, -0.1) is 11.6 Å². The highest BCUT2D eigenvalue weighted by Gasteiger charge is 2.00. The van der Waals surface area contributed by atoms with Crippen molar-refractivity contribution in [2.45, 2.75) is 5.88 Å². The van der Waals surface area contributed by atoms with E-state index < -0.39 is 0 Å². The average Bonchev–Trinajstić information content (AvgIpc) is 2.43. The Balaban J connectivity index is 2.66. The maximum Gasteiger partial charge on any atom is 0.181 e. The van der Waals surface area contributed by atoms with Crippen LogP contribution >= 0.6 is 22.9 Å². The first-order chi connectivity index (χ1) is 5.79. The summed E-state index contributed by atoms with van der Waals surface area (Å²) >= 11 is 7.18. The maximum atomic E-state index is 5.69. The lowest BCUT2D eigenvalue weighted by Crippen LogP contribution is -1.79. The van der Waals surface area contributed by atoms with Crippen LogP contribution in [0.15, 0.2) is 18.2 Å². The quantitative estimate of drug-likeness (QED) is 0.716. The van der Waals surface area contributed by atoms with E-state index in [9.17, 15) is 0 Å². The summed E-state index contributed by atoms with van der Waals surface area (Å²) in [6.07, 6.45) is 0. The van der Waals surface area contributed by atoms with E-state index in [4.69, 9.17) is 17.3 Å². The van der Waals surface area contributed by atoms with Crippen LogP contribution in [0.2, 0.25) is 0 Å². The van der Waals surface area contributed by atoms with E-state index in [1.807, 2.05) is 18.2 Å². The van der Waals surface area contributed by atoms with Gasteiger partial charge in [0.05, 0.1) is 10.2 Å². The minimum atomic E-state index is 0.535. The van der Waals surface area contributed by atoms with E-state index in [0.29, 0.717) is 11.0 Å². The first kappa shape index (κ1) is 7.83. The molecule has 0 aliphatic heterocycles. The predicted molar refractivity (Wildman–Crippen MR) is 53.6 cm³/mol. The molecule has 0 bridgehead atoms. The van der Waals surface area contributed by atoms with Crippen LogP contribution in [-0.4, -0.2) is 4.98 Å². The van der Waals surface area contributed by atoms with Crippen molar-refractivity contribution in [1.29, 1.82) is 0 Å². The van der Waals surface area contributed by atoms with Crippen LogP contribution in [-0.2, 0) is 5.88 Å². The van der Waals surface area contributed by atoms with E-state index in [-0.39, 0.29) is 0 Å². The van der Waals surface area contributed by atoms with Gasteiger partial charge in [0.1, 0.15) is 0 Å². The summed E-state index contributed by atoms with van der Waals surface area (Å²) in [7, 11) is 0. The summed E-state index contributed by atoms with van der Waals surface area (Å²) in [5.74, 6) is 0.535. The number of thiazole rings is 1. The second kappa shape index (κ2) is 2.92. The molecule has 0 atom stereocenters. The fourth-order valence-electron chi connectivity index (χ4n) is 1.07. The molecule has 1 aromatic heterocycles. The summed E-state index contributed by atoms with van der Waals surface area (Å²) in [4.78, 5) is 4.14. The number of fused-ring (bicyclic) bond motifs is 1. The summed E-state index contributed by atoms with van der Waals surface area (Å²) in [6.45, 7) is 0. The standard InChI is InChI=1S/C8H7ClN2S/c9-4-5-1-2-6-7(3-5)12-8(10)11-6/h1-3H,4H2,(H2,10,11). The van der Waals surface area contributed by atoms with Gasteiger partial charge in [0.2, 0.25) is 0 Å². The normalized spacial score (nSPS) is 10.8. The Labute approximate surface area is 79.0 Å². The number of aromatic nitrogens is 1. The van der Waals surface area contributed by atoms with Crippen molar-refractivity contribution in [2.24, 2.45) is 0 Å². The molecule has 2 nitrogen and oxygen atoms in total. The predicted octanol–water partition coefficient (Wildman–Crippen LogP) is 2.62. The number of benzene rings is 1. The molecule has 12 heavy (non-hydrogen) atoms. The Morgan fingerprint density at radius 3 is 3.08 bits per heavy atom. The van der Waals surface area contributed by atoms with Crippen LogP contribution in [0.3, 0.4) is 0 Å². The molecule has 0 saturated carbocycles. The molecule has 2 rings (SSSR count). The zero-order valence-electron chi connectivity index (χ0n) is 6.25. The maximum absolute atomic E-state index is 5.69. The highest BCUT2D eigenvalue weighted by atomic mass is 35.5. The van der Waals surface area contributed by atoms with Crippen LogP contribution in [0.1, 0.15) is 5.56 Å². The fourth-order valence-corrected chi connectivity index (χ4v) is 2.03. The van der Waals surface area contributed by atoms with Crippen LogP contribution in [0, 0.1) is 0 Å². The number of nitrogen functional groups attached to an aromatic ring is 1. The molecule has 1 heterocycles. The first-order valence-electron chi connectivity index (χ1n) is 3.50. The van der Waals surface area contributed by atoms with E-state index >= 15 is 0 Å². The zero-order valence-corrected chi connectivity index (χ0v) is 7.82. The summed E-state index contributed by atoms with van der Waals surface area (Å²) < 4.78 is 1.10. The number of hydrogen-bond donors (Lipinski definition) is 1. The van der Waals surface area contributed by atoms with E-state index in [2.05, 4.69) is 4.98 Å². The Kier molecular flexibility index (Phi) is 1.90. The van der Waals surface area contributed by atoms with Crippen LogP contribution < -0.4 is 5.73 Å². The Bertz CT molecular complexity index is 410. The number of halogens is 1. The van der Waals surface area contributed by atoms with Gasteiger partial charge in [-0.3, -0.25) is 0 Å². The number of nitrogens with two attached hydrogens (primary N) is 1. The molecule has 2 N–H and O–H groups in total. The van der Waals surface area contributed by atoms with E-state index in [0.717, 1.165) is 15.8 Å². The summed E-state index contributed by atoms with van der Waals surface area (Å²) in [5, 5.41) is 0.608. The number of nitrogens with zero attached hydrogens (tertiary/aromatic N) is 1. The van der Waals surface area contributed by atoms with Crippen molar-refractivity contribution in [3.05, 3.63) is 23.8 Å². The molecule has 0 unspecified atom stereocenters. The first-order valence-corrected chi connectivity index (χ1v) is 4.85. The number of anilines is 1. The van der Waals surface area contributed by atoms with Gasteiger partial charge in [-0.2, -0.15) is 0 Å². The summed E-state index contributed by atoms with van der Waals surface area (Å²) in [5.41, 5.74) is 7.61. The van der Waals surface area contributed by atoms with Crippen molar-refractivity contribution < 1.29 is 0 Å². The lowest BCUT2D eigenvalue weighted by Gasteiger charge is -1.92. The molecule has 0 aliphatic rings. The topological polar surface area (TPSA) is 38.9 Å². The van der Waals surface area contributed by atoms with Crippen LogP contribution in [0.25, 0.3) is 10.2 Å². The molecular formula is C8H7ClN2S. The van der Waals surface area contributed by atoms with E-state index in [1.165, 1.54) is 11.3 Å². The highest BCUT2D eigenvalue weighted by Crippen LogP contribution is 2.24. The lowest BCUT2D eigenvalue weighted by atomic mass is 10.2. The van der Waals surface area contributed by atoms with Gasteiger partial charge < -0.3 is 5.73 Å². The third kappa shape index (κ3) is 1.26. The molecule has 62 valence electrons. The van der Waals surface area contributed by atoms with Crippen LogP contribution in [0.5, 0.6) is 0 Å². The fraction of sp³-hybridized carbons (Fsp3) is 0.125. The van der Waals surface area contributed by atoms with Gasteiger partial charge in [-0.05, 0) is 17.7 Å². The van der Waals surface area contributed by atoms with Gasteiger partial charge >= 0.3 is 0 Å². The third-order valence-electron chi connectivity index (χ3n) is 1.62. The molecule has 2 aromatic rings. The summed E-state index contributed by atoms with van der Waals surface area (Å²) in [6, 6.07) is 5.94. The van der Waals surface area contributed by atoms with E-state index in [1.54, 1.807) is 0 Å². The molecule has 0 aliphatic carbocycles. The second-order valence-electron chi connectivity index (χ2n) is 2.49. The number of alkyl halides is 1. The van der Waals surface area contributed by atoms with Crippen molar-refractivity contribution in [3.8, 4) is 0 Å². The smallest absolute Gasteiger partial charge is 0.181 e. The van der Waals surface area contributed by atoms with Gasteiger partial charge in [0, 0.05) is 5.88 Å². The van der Waals surface area contributed by atoms with Gasteiger partial charge in [0.15, 0.2) is 5.13 Å². The average molecular weight is 199 g/mol. The monoisotopic (exact) mass is 198 g/mol. The van der Waals surface area contributed by atoms with Gasteiger partial charge in [-0.1, -0.05) is 17.4 Å². The Morgan fingerprint density at radius 1 is 1.50 bits per heavy atom. The Morgan fingerprint density at radius 2 is 2.33 bits per heavy atom. The molecule has 0 fully saturated rings. The number of hydrogen-bond acceptors (Lipinski definition) is 3. The molecule has 0 amide bonds. The van der Waals surface area contributed by atoms with Gasteiger partial charge in [0.25, 0.3) is 0 Å². The molecule has 4 heteroatoms. The zero-order chi connectivity index (χ0) is 8.55. The minimum absolute atomic E-state index is 0.535. The van der Waals surface area contributed by atoms with Crippen molar-refractivity contribution in [3.63, 3.8) is 0 Å². The van der Waals surface area contributed by atoms with Crippen molar-refractivity contribution in [2.75, 3.05) is 5.73 Å². The van der Waals surface area contributed by atoms with Gasteiger partial charge in [-0.25, -0.2) is 4.98 Å². The lowest BCUT2D eigenvalue weighted by molar-refractivity contribution is 1.41. The second-order valence-corrected chi connectivity index (χ2v) is 3.82. The molecule has 0 saturated heterocycles. The van der Waals surface area contributed by atoms with Crippen molar-refractivity contribution in [1.82, 2.24) is 4.98 Å². The van der Waals surface area contributed by atoms with Crippen molar-refractivity contribution >= 4 is 38.3 Å².